The first-order chi connectivity index (χ1) is 12.7. The van der Waals surface area contributed by atoms with Crippen molar-refractivity contribution in [2.45, 2.75) is 46.1 Å². The first-order valence-electron chi connectivity index (χ1n) is 9.61. The van der Waals surface area contributed by atoms with Crippen LogP contribution in [0.15, 0.2) is 24.3 Å². The minimum atomic E-state index is -0.545. The number of ether oxygens (including phenoxy) is 2. The van der Waals surface area contributed by atoms with Gasteiger partial charge in [0.1, 0.15) is 5.75 Å². The summed E-state index contributed by atoms with van der Waals surface area (Å²) in [6.07, 6.45) is 1.01. The van der Waals surface area contributed by atoms with Crippen LogP contribution in [0, 0.1) is 11.8 Å². The molecule has 1 aliphatic rings. The molecule has 2 rings (SSSR count). The topological polar surface area (TPSA) is 67.9 Å². The van der Waals surface area contributed by atoms with Crippen LogP contribution in [0.5, 0.6) is 5.75 Å². The van der Waals surface area contributed by atoms with Crippen molar-refractivity contribution >= 4 is 12.0 Å². The fraction of sp³-hybridized carbons (Fsp3) is 0.619. The van der Waals surface area contributed by atoms with E-state index in [-0.39, 0.29) is 17.9 Å². The fourth-order valence-corrected chi connectivity index (χ4v) is 3.29. The Morgan fingerprint density at radius 2 is 1.85 bits per heavy atom. The molecule has 0 aliphatic carbocycles. The maximum atomic E-state index is 12.8. The van der Waals surface area contributed by atoms with E-state index in [1.54, 1.807) is 12.0 Å². The predicted octanol–water partition coefficient (Wildman–Crippen LogP) is 3.55. The molecule has 1 heterocycles. The number of hydrogen-bond acceptors (Lipinski definition) is 4. The second kappa shape index (κ2) is 9.11. The third-order valence-electron chi connectivity index (χ3n) is 4.88. The van der Waals surface area contributed by atoms with Gasteiger partial charge in [0.25, 0.3) is 0 Å². The van der Waals surface area contributed by atoms with E-state index in [0.717, 1.165) is 11.3 Å². The molecule has 1 aromatic carbocycles. The smallest absolute Gasteiger partial charge is 0.409 e. The molecule has 2 amide bonds. The SMILES string of the molecule is COc1ccccc1C(C)(C)NC(=O)C1CCN(C(=O)OCC(C)C)CC1. The molecule has 1 N–H and O–H groups in total. The molecule has 1 aromatic rings. The van der Waals surface area contributed by atoms with Crippen molar-refractivity contribution < 1.29 is 19.1 Å². The van der Waals surface area contributed by atoms with Gasteiger partial charge in [0.15, 0.2) is 0 Å². The first kappa shape index (κ1) is 21.1. The summed E-state index contributed by atoms with van der Waals surface area (Å²) >= 11 is 0. The van der Waals surface area contributed by atoms with E-state index in [1.165, 1.54) is 0 Å². The zero-order chi connectivity index (χ0) is 20.0. The number of carbonyl (C=O) groups is 2. The number of benzene rings is 1. The van der Waals surface area contributed by atoms with Crippen LogP contribution in [0.3, 0.4) is 0 Å². The van der Waals surface area contributed by atoms with Crippen LogP contribution in [-0.4, -0.2) is 43.7 Å². The maximum Gasteiger partial charge on any atom is 0.409 e. The van der Waals surface area contributed by atoms with Crippen molar-refractivity contribution in [3.8, 4) is 5.75 Å². The minimum absolute atomic E-state index is 0.0149. The van der Waals surface area contributed by atoms with Gasteiger partial charge in [-0.2, -0.15) is 0 Å². The van der Waals surface area contributed by atoms with Gasteiger partial charge < -0.3 is 19.7 Å². The van der Waals surface area contributed by atoms with Crippen molar-refractivity contribution in [1.29, 1.82) is 0 Å². The highest BCUT2D eigenvalue weighted by molar-refractivity contribution is 5.80. The molecule has 0 spiro atoms. The lowest BCUT2D eigenvalue weighted by Gasteiger charge is -2.34. The molecule has 6 nitrogen and oxygen atoms in total. The average Bonchev–Trinajstić information content (AvgIpc) is 2.65. The number of nitrogens with one attached hydrogen (secondary N) is 1. The molecule has 1 aliphatic heterocycles. The second-order valence-electron chi connectivity index (χ2n) is 8.05. The highest BCUT2D eigenvalue weighted by Gasteiger charge is 2.32. The Balaban J connectivity index is 1.91. The number of rotatable bonds is 6. The Kier molecular flexibility index (Phi) is 7.11. The van der Waals surface area contributed by atoms with Crippen molar-refractivity contribution in [2.24, 2.45) is 11.8 Å². The average molecular weight is 376 g/mol. The van der Waals surface area contributed by atoms with E-state index in [2.05, 4.69) is 5.32 Å². The van der Waals surface area contributed by atoms with Crippen LogP contribution in [0.4, 0.5) is 4.79 Å². The molecule has 1 fully saturated rings. The Morgan fingerprint density at radius 1 is 1.22 bits per heavy atom. The van der Waals surface area contributed by atoms with Gasteiger partial charge >= 0.3 is 6.09 Å². The standard InChI is InChI=1S/C21H32N2O4/c1-15(2)14-27-20(25)23-12-10-16(11-13-23)19(24)22-21(3,4)17-8-6-7-9-18(17)26-5/h6-9,15-16H,10-14H2,1-5H3,(H,22,24). The molecule has 0 saturated carbocycles. The quantitative estimate of drug-likeness (QED) is 0.824. The molecular formula is C21H32N2O4. The van der Waals surface area contributed by atoms with E-state index in [0.29, 0.717) is 38.5 Å². The first-order valence-corrected chi connectivity index (χ1v) is 9.61. The monoisotopic (exact) mass is 376 g/mol. The lowest BCUT2D eigenvalue weighted by atomic mass is 9.90. The molecular weight excluding hydrogens is 344 g/mol. The van der Waals surface area contributed by atoms with Crippen molar-refractivity contribution in [1.82, 2.24) is 10.2 Å². The molecule has 150 valence electrons. The second-order valence-corrected chi connectivity index (χ2v) is 8.05. The van der Waals surface area contributed by atoms with Crippen LogP contribution in [-0.2, 0) is 15.1 Å². The van der Waals surface area contributed by atoms with Gasteiger partial charge in [-0.15, -0.1) is 0 Å². The zero-order valence-corrected chi connectivity index (χ0v) is 17.1. The van der Waals surface area contributed by atoms with Gasteiger partial charge in [-0.25, -0.2) is 4.79 Å². The number of likely N-dealkylation sites (tertiary alicyclic amines) is 1. The van der Waals surface area contributed by atoms with E-state index >= 15 is 0 Å². The number of carbonyl (C=O) groups excluding carboxylic acids is 2. The third kappa shape index (κ3) is 5.62. The van der Waals surface area contributed by atoms with Crippen LogP contribution < -0.4 is 10.1 Å². The number of nitrogens with zero attached hydrogens (tertiary/aromatic N) is 1. The molecule has 27 heavy (non-hydrogen) atoms. The summed E-state index contributed by atoms with van der Waals surface area (Å²) in [5.74, 6) is 0.981. The summed E-state index contributed by atoms with van der Waals surface area (Å²) < 4.78 is 10.7. The van der Waals surface area contributed by atoms with Crippen LogP contribution in [0.2, 0.25) is 0 Å². The largest absolute Gasteiger partial charge is 0.496 e. The van der Waals surface area contributed by atoms with Crippen LogP contribution in [0.25, 0.3) is 0 Å². The van der Waals surface area contributed by atoms with Gasteiger partial charge in [0.05, 0.1) is 19.3 Å². The molecule has 0 radical (unpaired) electrons. The van der Waals surface area contributed by atoms with E-state index in [1.807, 2.05) is 52.0 Å². The number of hydrogen-bond donors (Lipinski definition) is 1. The highest BCUT2D eigenvalue weighted by atomic mass is 16.6. The molecule has 6 heteroatoms. The number of piperidine rings is 1. The fourth-order valence-electron chi connectivity index (χ4n) is 3.29. The molecule has 0 aromatic heterocycles. The van der Waals surface area contributed by atoms with E-state index in [9.17, 15) is 9.59 Å². The molecule has 0 bridgehead atoms. The summed E-state index contributed by atoms with van der Waals surface area (Å²) in [4.78, 5) is 26.5. The lowest BCUT2D eigenvalue weighted by Crippen LogP contribution is -2.48. The zero-order valence-electron chi connectivity index (χ0n) is 17.1. The number of para-hydroxylation sites is 1. The molecule has 1 saturated heterocycles. The molecule has 0 atom stereocenters. The van der Waals surface area contributed by atoms with E-state index in [4.69, 9.17) is 9.47 Å². The molecule has 0 unspecified atom stereocenters. The Labute approximate surface area is 162 Å². The summed E-state index contributed by atoms with van der Waals surface area (Å²) in [7, 11) is 1.63. The van der Waals surface area contributed by atoms with Crippen molar-refractivity contribution in [3.05, 3.63) is 29.8 Å². The lowest BCUT2D eigenvalue weighted by molar-refractivity contribution is -0.128. The Bertz CT molecular complexity index is 649. The summed E-state index contributed by atoms with van der Waals surface area (Å²) in [6.45, 7) is 9.48. The number of amides is 2. The summed E-state index contributed by atoms with van der Waals surface area (Å²) in [5.41, 5.74) is 0.396. The maximum absolute atomic E-state index is 12.8. The predicted molar refractivity (Wildman–Crippen MR) is 105 cm³/mol. The van der Waals surface area contributed by atoms with Crippen LogP contribution in [0.1, 0.15) is 46.1 Å². The van der Waals surface area contributed by atoms with E-state index < -0.39 is 5.54 Å². The normalized spacial score (nSPS) is 15.6. The summed E-state index contributed by atoms with van der Waals surface area (Å²) in [6, 6.07) is 7.71. The Hall–Kier alpha value is -2.24. The van der Waals surface area contributed by atoms with Crippen molar-refractivity contribution in [2.75, 3.05) is 26.8 Å². The van der Waals surface area contributed by atoms with Gasteiger partial charge in [-0.05, 0) is 38.7 Å². The van der Waals surface area contributed by atoms with Gasteiger partial charge in [0, 0.05) is 24.6 Å². The third-order valence-corrected chi connectivity index (χ3v) is 4.88. The van der Waals surface area contributed by atoms with Crippen LogP contribution >= 0.6 is 0 Å². The number of methoxy groups -OCH3 is 1. The minimum Gasteiger partial charge on any atom is -0.496 e. The van der Waals surface area contributed by atoms with Gasteiger partial charge in [0.2, 0.25) is 5.91 Å². The highest BCUT2D eigenvalue weighted by Crippen LogP contribution is 2.30. The van der Waals surface area contributed by atoms with Crippen molar-refractivity contribution in [3.63, 3.8) is 0 Å². The Morgan fingerprint density at radius 3 is 2.44 bits per heavy atom. The summed E-state index contributed by atoms with van der Waals surface area (Å²) in [5, 5.41) is 3.15. The van der Waals surface area contributed by atoms with Gasteiger partial charge in [-0.3, -0.25) is 4.79 Å². The van der Waals surface area contributed by atoms with Gasteiger partial charge in [-0.1, -0.05) is 32.0 Å².